The van der Waals surface area contributed by atoms with Gasteiger partial charge in [0.25, 0.3) is 5.91 Å². The molecule has 0 radical (unpaired) electrons. The summed E-state index contributed by atoms with van der Waals surface area (Å²) in [5, 5.41) is 6.15. The smallest absolute Gasteiger partial charge is 0.348 e. The first-order valence-corrected chi connectivity index (χ1v) is 10.7. The van der Waals surface area contributed by atoms with Crippen LogP contribution in [-0.4, -0.2) is 40.2 Å². The molecule has 0 spiro atoms. The Kier molecular flexibility index (Phi) is 6.11. The third-order valence-electron chi connectivity index (χ3n) is 4.78. The van der Waals surface area contributed by atoms with Crippen molar-refractivity contribution in [3.63, 3.8) is 0 Å². The molecule has 0 fully saturated rings. The number of furan rings is 1. The molecular formula is C22H20ClN3O4S. The van der Waals surface area contributed by atoms with E-state index in [0.29, 0.717) is 28.7 Å². The van der Waals surface area contributed by atoms with Gasteiger partial charge in [0.2, 0.25) is 0 Å². The van der Waals surface area contributed by atoms with E-state index in [1.54, 1.807) is 31.5 Å². The van der Waals surface area contributed by atoms with E-state index in [2.05, 4.69) is 5.10 Å². The third kappa shape index (κ3) is 4.81. The molecule has 3 aromatic heterocycles. The highest BCUT2D eigenvalue weighted by molar-refractivity contribution is 7.20. The van der Waals surface area contributed by atoms with Crippen molar-refractivity contribution in [2.75, 3.05) is 13.7 Å². The monoisotopic (exact) mass is 457 g/mol. The van der Waals surface area contributed by atoms with E-state index >= 15 is 0 Å². The fourth-order valence-electron chi connectivity index (χ4n) is 3.12. The summed E-state index contributed by atoms with van der Waals surface area (Å²) < 4.78 is 12.3. The van der Waals surface area contributed by atoms with Crippen molar-refractivity contribution >= 4 is 45.0 Å². The molecule has 31 heavy (non-hydrogen) atoms. The van der Waals surface area contributed by atoms with Crippen LogP contribution < -0.4 is 0 Å². The van der Waals surface area contributed by atoms with Crippen LogP contribution in [-0.2, 0) is 22.6 Å². The first-order chi connectivity index (χ1) is 14.9. The Morgan fingerprint density at radius 3 is 2.74 bits per heavy atom. The lowest BCUT2D eigenvalue weighted by molar-refractivity contribution is -0.133. The number of hydrogen-bond donors (Lipinski definition) is 0. The Labute approximate surface area is 187 Å². The van der Waals surface area contributed by atoms with Gasteiger partial charge < -0.3 is 14.1 Å². The lowest BCUT2D eigenvalue weighted by atomic mass is 10.2. The number of hydrogen-bond acceptors (Lipinski definition) is 6. The predicted molar refractivity (Wildman–Crippen MR) is 118 cm³/mol. The summed E-state index contributed by atoms with van der Waals surface area (Å²) in [4.78, 5) is 27.5. The second kappa shape index (κ2) is 8.95. The lowest BCUT2D eigenvalue weighted by Gasteiger charge is -2.15. The van der Waals surface area contributed by atoms with Crippen LogP contribution in [0, 0.1) is 6.92 Å². The molecule has 0 atom stereocenters. The number of amides is 1. The van der Waals surface area contributed by atoms with E-state index in [-0.39, 0.29) is 12.5 Å². The Hall–Kier alpha value is -3.10. The van der Waals surface area contributed by atoms with Crippen molar-refractivity contribution < 1.29 is 18.7 Å². The van der Waals surface area contributed by atoms with Crippen molar-refractivity contribution in [3.05, 3.63) is 75.6 Å². The topological polar surface area (TPSA) is 77.6 Å². The average Bonchev–Trinajstić information content (AvgIpc) is 3.47. The van der Waals surface area contributed by atoms with Gasteiger partial charge in [-0.25, -0.2) is 4.79 Å². The van der Waals surface area contributed by atoms with Gasteiger partial charge in [-0.2, -0.15) is 5.10 Å². The van der Waals surface area contributed by atoms with E-state index in [4.69, 9.17) is 20.8 Å². The highest BCUT2D eigenvalue weighted by Crippen LogP contribution is 2.29. The SMILES string of the molecule is Cc1nn(Cc2ccc(Cl)cc2)c2sc(C(=O)OCC(=O)N(C)Cc3ccco3)cc12. The number of carbonyl (C=O) groups excluding carboxylic acids is 2. The van der Waals surface area contributed by atoms with Gasteiger partial charge in [0.15, 0.2) is 6.61 Å². The number of thiophene rings is 1. The number of nitrogens with zero attached hydrogens (tertiary/aromatic N) is 3. The summed E-state index contributed by atoms with van der Waals surface area (Å²) in [7, 11) is 1.63. The van der Waals surface area contributed by atoms with Crippen molar-refractivity contribution in [2.45, 2.75) is 20.0 Å². The lowest BCUT2D eigenvalue weighted by Crippen LogP contribution is -2.30. The van der Waals surface area contributed by atoms with Gasteiger partial charge in [-0.1, -0.05) is 23.7 Å². The standard InChI is InChI=1S/C22H20ClN3O4S/c1-14-18-10-19(22(28)30-13-20(27)25(2)12-17-4-3-9-29-17)31-21(18)26(24-14)11-15-5-7-16(23)8-6-15/h3-10H,11-13H2,1-2H3. The Balaban J connectivity index is 1.42. The van der Waals surface area contributed by atoms with Crippen LogP contribution in [0.1, 0.15) is 26.7 Å². The Bertz CT molecular complexity index is 1210. The number of fused-ring (bicyclic) bond motifs is 1. The number of halogens is 1. The minimum Gasteiger partial charge on any atom is -0.467 e. The van der Waals surface area contributed by atoms with Gasteiger partial charge >= 0.3 is 5.97 Å². The number of esters is 1. The summed E-state index contributed by atoms with van der Waals surface area (Å²) in [5.41, 5.74) is 1.88. The van der Waals surface area contributed by atoms with Gasteiger partial charge in [0.1, 0.15) is 15.5 Å². The van der Waals surface area contributed by atoms with Crippen molar-refractivity contribution in [1.82, 2.24) is 14.7 Å². The molecular weight excluding hydrogens is 438 g/mol. The predicted octanol–water partition coefficient (Wildman–Crippen LogP) is 4.52. The summed E-state index contributed by atoms with van der Waals surface area (Å²) in [6.45, 7) is 2.44. The molecule has 0 N–H and O–H groups in total. The van der Waals surface area contributed by atoms with E-state index in [1.807, 2.05) is 35.9 Å². The van der Waals surface area contributed by atoms with E-state index in [1.165, 1.54) is 16.2 Å². The zero-order chi connectivity index (χ0) is 22.0. The third-order valence-corrected chi connectivity index (χ3v) is 6.16. The van der Waals surface area contributed by atoms with Crippen molar-refractivity contribution in [1.29, 1.82) is 0 Å². The highest BCUT2D eigenvalue weighted by Gasteiger charge is 2.19. The molecule has 0 saturated heterocycles. The molecule has 7 nitrogen and oxygen atoms in total. The first-order valence-electron chi connectivity index (χ1n) is 9.55. The number of aryl methyl sites for hydroxylation is 1. The molecule has 0 saturated carbocycles. The van der Waals surface area contributed by atoms with Crippen LogP contribution in [0.25, 0.3) is 10.2 Å². The van der Waals surface area contributed by atoms with Gasteiger partial charge in [-0.3, -0.25) is 9.48 Å². The van der Waals surface area contributed by atoms with Crippen LogP contribution in [0.5, 0.6) is 0 Å². The van der Waals surface area contributed by atoms with Crippen LogP contribution >= 0.6 is 22.9 Å². The molecule has 0 aliphatic rings. The van der Waals surface area contributed by atoms with Crippen LogP contribution in [0.2, 0.25) is 5.02 Å². The summed E-state index contributed by atoms with van der Waals surface area (Å²) in [5.74, 6) is -0.179. The van der Waals surface area contributed by atoms with Gasteiger partial charge in [-0.05, 0) is 42.8 Å². The minimum absolute atomic E-state index is 0.309. The van der Waals surface area contributed by atoms with Gasteiger partial charge in [0, 0.05) is 17.5 Å². The van der Waals surface area contributed by atoms with Gasteiger partial charge in [0.05, 0.1) is 25.0 Å². The molecule has 0 bridgehead atoms. The number of aromatic nitrogens is 2. The maximum absolute atomic E-state index is 12.5. The second-order valence-electron chi connectivity index (χ2n) is 7.10. The molecule has 1 amide bonds. The maximum Gasteiger partial charge on any atom is 0.348 e. The van der Waals surface area contributed by atoms with Gasteiger partial charge in [-0.15, -0.1) is 11.3 Å². The molecule has 160 valence electrons. The van der Waals surface area contributed by atoms with Crippen LogP contribution in [0.4, 0.5) is 0 Å². The maximum atomic E-state index is 12.5. The minimum atomic E-state index is -0.529. The van der Waals surface area contributed by atoms with Crippen LogP contribution in [0.15, 0.2) is 53.1 Å². The second-order valence-corrected chi connectivity index (χ2v) is 8.57. The fourth-order valence-corrected chi connectivity index (χ4v) is 4.30. The van der Waals surface area contributed by atoms with Crippen LogP contribution in [0.3, 0.4) is 0 Å². The summed E-state index contributed by atoms with van der Waals surface area (Å²) in [6.07, 6.45) is 1.55. The fraction of sp³-hybridized carbons (Fsp3) is 0.227. The molecule has 4 rings (SSSR count). The molecule has 3 heterocycles. The molecule has 0 aliphatic carbocycles. The Morgan fingerprint density at radius 2 is 2.03 bits per heavy atom. The van der Waals surface area contributed by atoms with Crippen molar-refractivity contribution in [3.8, 4) is 0 Å². The molecule has 9 heteroatoms. The molecule has 0 aliphatic heterocycles. The number of carbonyl (C=O) groups is 2. The number of rotatable bonds is 7. The zero-order valence-corrected chi connectivity index (χ0v) is 18.6. The molecule has 0 unspecified atom stereocenters. The van der Waals surface area contributed by atoms with E-state index < -0.39 is 5.97 Å². The quantitative estimate of drug-likeness (QED) is 0.381. The van der Waals surface area contributed by atoms with Crippen molar-refractivity contribution in [2.24, 2.45) is 0 Å². The van der Waals surface area contributed by atoms with E-state index in [9.17, 15) is 9.59 Å². The Morgan fingerprint density at radius 1 is 1.26 bits per heavy atom. The molecule has 4 aromatic rings. The number of likely N-dealkylation sites (N-methyl/N-ethyl adjacent to an activating group) is 1. The highest BCUT2D eigenvalue weighted by atomic mass is 35.5. The van der Waals surface area contributed by atoms with E-state index in [0.717, 1.165) is 21.5 Å². The largest absolute Gasteiger partial charge is 0.467 e. The molecule has 1 aromatic carbocycles. The first kappa shape index (κ1) is 21.1. The average molecular weight is 458 g/mol. The number of ether oxygens (including phenoxy) is 1. The summed E-state index contributed by atoms with van der Waals surface area (Å²) >= 11 is 7.25. The normalized spacial score (nSPS) is 11.1. The zero-order valence-electron chi connectivity index (χ0n) is 17.0. The number of benzene rings is 1. The summed E-state index contributed by atoms with van der Waals surface area (Å²) in [6, 6.07) is 12.9.